The third-order valence-corrected chi connectivity index (χ3v) is 4.43. The molecule has 1 fully saturated rings. The molecule has 0 radical (unpaired) electrons. The molecule has 0 unspecified atom stereocenters. The summed E-state index contributed by atoms with van der Waals surface area (Å²) in [5.74, 6) is 0.732. The first-order chi connectivity index (χ1) is 11.0. The van der Waals surface area contributed by atoms with Crippen molar-refractivity contribution in [2.75, 3.05) is 38.1 Å². The molecule has 0 atom stereocenters. The Hall–Kier alpha value is -2.15. The fourth-order valence-corrected chi connectivity index (χ4v) is 2.90. The third-order valence-electron chi connectivity index (χ3n) is 4.43. The predicted octanol–water partition coefficient (Wildman–Crippen LogP) is 1.04. The van der Waals surface area contributed by atoms with E-state index in [1.165, 1.54) is 4.68 Å². The quantitative estimate of drug-likeness (QED) is 0.842. The first-order valence-electron chi connectivity index (χ1n) is 7.97. The summed E-state index contributed by atoms with van der Waals surface area (Å²) in [6.07, 6.45) is 2.88. The molecule has 2 aromatic heterocycles. The highest BCUT2D eigenvalue weighted by Crippen LogP contribution is 2.15. The molecule has 3 rings (SSSR count). The van der Waals surface area contributed by atoms with Gasteiger partial charge < -0.3 is 14.3 Å². The van der Waals surface area contributed by atoms with Gasteiger partial charge in [0.1, 0.15) is 5.76 Å². The first kappa shape index (κ1) is 15.7. The zero-order valence-corrected chi connectivity index (χ0v) is 13.9. The molecule has 7 heteroatoms. The number of rotatable bonds is 3. The maximum Gasteiger partial charge on any atom is 0.269 e. The molecule has 0 N–H and O–H groups in total. The third kappa shape index (κ3) is 3.44. The van der Waals surface area contributed by atoms with E-state index in [0.717, 1.165) is 55.3 Å². The van der Waals surface area contributed by atoms with Gasteiger partial charge in [-0.3, -0.25) is 4.79 Å². The summed E-state index contributed by atoms with van der Waals surface area (Å²) < 4.78 is 6.60. The lowest BCUT2D eigenvalue weighted by molar-refractivity contribution is 0.360. The Balaban J connectivity index is 1.79. The molecule has 1 aliphatic heterocycles. The topological polar surface area (TPSA) is 67.4 Å². The van der Waals surface area contributed by atoms with Gasteiger partial charge >= 0.3 is 0 Å². The summed E-state index contributed by atoms with van der Waals surface area (Å²) in [4.78, 5) is 16.9. The summed E-state index contributed by atoms with van der Waals surface area (Å²) in [6, 6.07) is 1.68. The standard InChI is InChI=1S/C16H23N5O2/c1-12-15(13(2)23-18-12)11-21-16(22)9-14(10-17-21)20-6-4-5-19(3)7-8-20/h9-10H,4-8,11H2,1-3H3. The van der Waals surface area contributed by atoms with Gasteiger partial charge in [0.05, 0.1) is 24.1 Å². The molecule has 23 heavy (non-hydrogen) atoms. The molecule has 7 nitrogen and oxygen atoms in total. The maximum atomic E-state index is 12.4. The number of likely N-dealkylation sites (N-methyl/N-ethyl adjacent to an activating group) is 1. The number of nitrogens with zero attached hydrogens (tertiary/aromatic N) is 5. The van der Waals surface area contributed by atoms with Crippen LogP contribution in [-0.2, 0) is 6.54 Å². The van der Waals surface area contributed by atoms with Crippen LogP contribution >= 0.6 is 0 Å². The first-order valence-corrected chi connectivity index (χ1v) is 7.97. The fourth-order valence-electron chi connectivity index (χ4n) is 2.90. The number of hydrogen-bond acceptors (Lipinski definition) is 6. The lowest BCUT2D eigenvalue weighted by Gasteiger charge is -2.22. The molecule has 0 aromatic carbocycles. The smallest absolute Gasteiger partial charge is 0.269 e. The minimum absolute atomic E-state index is 0.0971. The van der Waals surface area contributed by atoms with E-state index in [1.54, 1.807) is 12.3 Å². The van der Waals surface area contributed by atoms with Crippen LogP contribution in [0.15, 0.2) is 21.6 Å². The Kier molecular flexibility index (Phi) is 4.47. The van der Waals surface area contributed by atoms with Crippen LogP contribution in [0.3, 0.4) is 0 Å². The van der Waals surface area contributed by atoms with Crippen LogP contribution < -0.4 is 10.5 Å². The van der Waals surface area contributed by atoms with Gasteiger partial charge in [0.15, 0.2) is 0 Å². The zero-order chi connectivity index (χ0) is 16.4. The van der Waals surface area contributed by atoms with E-state index in [1.807, 2.05) is 13.8 Å². The van der Waals surface area contributed by atoms with Crippen molar-refractivity contribution in [3.63, 3.8) is 0 Å². The molecule has 124 valence electrons. The second-order valence-corrected chi connectivity index (χ2v) is 6.16. The van der Waals surface area contributed by atoms with Crippen LogP contribution in [0.5, 0.6) is 0 Å². The summed E-state index contributed by atoms with van der Waals surface area (Å²) >= 11 is 0. The summed E-state index contributed by atoms with van der Waals surface area (Å²) in [6.45, 7) is 8.09. The lowest BCUT2D eigenvalue weighted by atomic mass is 10.2. The van der Waals surface area contributed by atoms with Gasteiger partial charge in [-0.25, -0.2) is 4.68 Å². The summed E-state index contributed by atoms with van der Waals surface area (Å²) in [7, 11) is 2.13. The molecule has 0 spiro atoms. The van der Waals surface area contributed by atoms with Gasteiger partial charge in [-0.05, 0) is 33.9 Å². The van der Waals surface area contributed by atoms with Crippen molar-refractivity contribution >= 4 is 5.69 Å². The fraction of sp³-hybridized carbons (Fsp3) is 0.562. The number of aromatic nitrogens is 3. The molecule has 0 saturated carbocycles. The second kappa shape index (κ2) is 6.54. The van der Waals surface area contributed by atoms with Crippen molar-refractivity contribution in [3.8, 4) is 0 Å². The molecular weight excluding hydrogens is 294 g/mol. The predicted molar refractivity (Wildman–Crippen MR) is 87.9 cm³/mol. The maximum absolute atomic E-state index is 12.4. The molecule has 0 amide bonds. The molecule has 1 aliphatic rings. The normalized spacial score (nSPS) is 16.6. The van der Waals surface area contributed by atoms with E-state index in [4.69, 9.17) is 4.52 Å². The van der Waals surface area contributed by atoms with Crippen molar-refractivity contribution in [1.82, 2.24) is 19.8 Å². The van der Waals surface area contributed by atoms with Gasteiger partial charge in [0.2, 0.25) is 0 Å². The summed E-state index contributed by atoms with van der Waals surface area (Å²) in [5, 5.41) is 8.26. The van der Waals surface area contributed by atoms with Crippen molar-refractivity contribution in [1.29, 1.82) is 0 Å². The van der Waals surface area contributed by atoms with Crippen LogP contribution in [0.2, 0.25) is 0 Å². The van der Waals surface area contributed by atoms with E-state index in [0.29, 0.717) is 6.54 Å². The molecule has 0 bridgehead atoms. The highest BCUT2D eigenvalue weighted by atomic mass is 16.5. The molecular formula is C16H23N5O2. The van der Waals surface area contributed by atoms with Crippen LogP contribution in [0.1, 0.15) is 23.4 Å². The van der Waals surface area contributed by atoms with Crippen LogP contribution in [0.25, 0.3) is 0 Å². The van der Waals surface area contributed by atoms with Crippen LogP contribution in [0.4, 0.5) is 5.69 Å². The van der Waals surface area contributed by atoms with Gasteiger partial charge in [0, 0.05) is 31.3 Å². The summed E-state index contributed by atoms with van der Waals surface area (Å²) in [5.41, 5.74) is 2.53. The Morgan fingerprint density at radius 2 is 2.04 bits per heavy atom. The van der Waals surface area contributed by atoms with E-state index in [2.05, 4.69) is 27.1 Å². The van der Waals surface area contributed by atoms with Crippen molar-refractivity contribution in [2.45, 2.75) is 26.8 Å². The van der Waals surface area contributed by atoms with Crippen molar-refractivity contribution in [2.24, 2.45) is 0 Å². The SMILES string of the molecule is Cc1noc(C)c1Cn1ncc(N2CCCN(C)CC2)cc1=O. The van der Waals surface area contributed by atoms with E-state index in [9.17, 15) is 4.79 Å². The molecule has 2 aromatic rings. The van der Waals surface area contributed by atoms with Crippen LogP contribution in [-0.4, -0.2) is 53.1 Å². The molecule has 0 aliphatic carbocycles. The monoisotopic (exact) mass is 317 g/mol. The minimum Gasteiger partial charge on any atom is -0.369 e. The molecule has 3 heterocycles. The van der Waals surface area contributed by atoms with Crippen molar-refractivity contribution in [3.05, 3.63) is 39.6 Å². The van der Waals surface area contributed by atoms with Gasteiger partial charge in [-0.15, -0.1) is 0 Å². The highest BCUT2D eigenvalue weighted by Gasteiger charge is 2.15. The zero-order valence-electron chi connectivity index (χ0n) is 13.9. The van der Waals surface area contributed by atoms with Crippen LogP contribution in [0, 0.1) is 13.8 Å². The average molecular weight is 317 g/mol. The Labute approximate surface area is 135 Å². The molecule has 1 saturated heterocycles. The van der Waals surface area contributed by atoms with E-state index < -0.39 is 0 Å². The average Bonchev–Trinajstić information content (AvgIpc) is 2.73. The van der Waals surface area contributed by atoms with Gasteiger partial charge in [-0.1, -0.05) is 5.16 Å². The van der Waals surface area contributed by atoms with E-state index in [-0.39, 0.29) is 5.56 Å². The Morgan fingerprint density at radius 3 is 2.74 bits per heavy atom. The van der Waals surface area contributed by atoms with Gasteiger partial charge in [0.25, 0.3) is 5.56 Å². The Morgan fingerprint density at radius 1 is 1.22 bits per heavy atom. The van der Waals surface area contributed by atoms with E-state index >= 15 is 0 Å². The number of anilines is 1. The highest BCUT2D eigenvalue weighted by molar-refractivity contribution is 5.43. The minimum atomic E-state index is -0.0971. The van der Waals surface area contributed by atoms with Crippen molar-refractivity contribution < 1.29 is 4.52 Å². The number of hydrogen-bond donors (Lipinski definition) is 0. The second-order valence-electron chi connectivity index (χ2n) is 6.16. The Bertz CT molecular complexity index is 717. The number of aryl methyl sites for hydroxylation is 2. The van der Waals surface area contributed by atoms with Gasteiger partial charge in [-0.2, -0.15) is 5.10 Å². The lowest BCUT2D eigenvalue weighted by Crippen LogP contribution is -2.31. The largest absolute Gasteiger partial charge is 0.369 e.